The maximum atomic E-state index is 15.1. The Morgan fingerprint density at radius 1 is 1.10 bits per heavy atom. The van der Waals surface area contributed by atoms with Crippen LogP contribution in [0, 0.1) is 5.82 Å². The van der Waals surface area contributed by atoms with Gasteiger partial charge in [0.15, 0.2) is 11.6 Å². The Bertz CT molecular complexity index is 837. The van der Waals surface area contributed by atoms with Gasteiger partial charge in [-0.2, -0.15) is 29.3 Å². The molecule has 2 aromatic rings. The predicted molar refractivity (Wildman–Crippen MR) is 107 cm³/mol. The van der Waals surface area contributed by atoms with Gasteiger partial charge in [-0.25, -0.2) is 9.97 Å². The molecule has 0 amide bonds. The molecule has 29 heavy (non-hydrogen) atoms. The van der Waals surface area contributed by atoms with Crippen molar-refractivity contribution in [3.05, 3.63) is 47.5 Å². The number of nitrogens with zero attached hydrogens (tertiary/aromatic N) is 3. The van der Waals surface area contributed by atoms with Crippen LogP contribution in [0.4, 0.5) is 29.2 Å². The smallest absolute Gasteiger partial charge is 0.366 e. The van der Waals surface area contributed by atoms with Crippen molar-refractivity contribution in [1.82, 2.24) is 9.97 Å². The van der Waals surface area contributed by atoms with Crippen molar-refractivity contribution in [1.29, 1.82) is 0 Å². The Morgan fingerprint density at radius 3 is 2.59 bits per heavy atom. The number of hydrogen-bond donors (Lipinski definition) is 1. The first-order valence-electron chi connectivity index (χ1n) is 9.73. The fourth-order valence-corrected chi connectivity index (χ4v) is 5.16. The van der Waals surface area contributed by atoms with Crippen LogP contribution < -0.4 is 10.2 Å². The van der Waals surface area contributed by atoms with Crippen LogP contribution >= 0.6 is 11.8 Å². The fourth-order valence-electron chi connectivity index (χ4n) is 3.96. The predicted octanol–water partition coefficient (Wildman–Crippen LogP) is 5.28. The third-order valence-electron chi connectivity index (χ3n) is 5.44. The number of anilines is 2. The first-order valence-corrected chi connectivity index (χ1v) is 10.8. The molecule has 0 bridgehead atoms. The molecule has 2 aliphatic rings. The number of nitrogens with one attached hydrogen (secondary N) is 1. The summed E-state index contributed by atoms with van der Waals surface area (Å²) in [7, 11) is 0. The van der Waals surface area contributed by atoms with Gasteiger partial charge in [-0.1, -0.05) is 12.1 Å². The molecule has 4 nitrogen and oxygen atoms in total. The summed E-state index contributed by atoms with van der Waals surface area (Å²) in [6, 6.07) is 4.89. The molecule has 2 unspecified atom stereocenters. The molecule has 2 fully saturated rings. The van der Waals surface area contributed by atoms with Gasteiger partial charge in [-0.05, 0) is 49.1 Å². The molecule has 2 aliphatic heterocycles. The second-order valence-electron chi connectivity index (χ2n) is 7.35. The first kappa shape index (κ1) is 20.3. The molecule has 1 aromatic carbocycles. The van der Waals surface area contributed by atoms with E-state index in [1.165, 1.54) is 24.9 Å². The van der Waals surface area contributed by atoms with E-state index in [9.17, 15) is 13.2 Å². The van der Waals surface area contributed by atoms with Crippen molar-refractivity contribution in [3.63, 3.8) is 0 Å². The van der Waals surface area contributed by atoms with Gasteiger partial charge < -0.3 is 10.2 Å². The van der Waals surface area contributed by atoms with Crippen molar-refractivity contribution in [2.45, 2.75) is 43.2 Å². The number of benzene rings is 1. The normalized spacial score (nSPS) is 22.3. The quantitative estimate of drug-likeness (QED) is 0.659. The van der Waals surface area contributed by atoms with Crippen LogP contribution in [0.2, 0.25) is 0 Å². The average Bonchev–Trinajstić information content (AvgIpc) is 3.39. The highest BCUT2D eigenvalue weighted by Gasteiger charge is 2.33. The van der Waals surface area contributed by atoms with Gasteiger partial charge in [0.2, 0.25) is 5.82 Å². The first-order chi connectivity index (χ1) is 13.9. The molecule has 0 radical (unpaired) electrons. The van der Waals surface area contributed by atoms with Gasteiger partial charge in [-0.3, -0.25) is 0 Å². The molecule has 2 saturated heterocycles. The molecule has 2 atom stereocenters. The molecule has 3 heterocycles. The SMILES string of the molecule is Fc1c(NCC2CCCS2)ncnc1N1CCCC1c1ccc(C(F)(F)F)cc1. The molecular formula is C20H22F4N4S. The van der Waals surface area contributed by atoms with Gasteiger partial charge in [0.05, 0.1) is 11.6 Å². The average molecular weight is 426 g/mol. The molecule has 0 spiro atoms. The van der Waals surface area contributed by atoms with E-state index >= 15 is 4.39 Å². The Labute approximate surface area is 171 Å². The van der Waals surface area contributed by atoms with Crippen LogP contribution in [-0.4, -0.2) is 34.1 Å². The molecule has 1 N–H and O–H groups in total. The van der Waals surface area contributed by atoms with Crippen LogP contribution in [-0.2, 0) is 6.18 Å². The molecule has 9 heteroatoms. The number of alkyl halides is 3. The van der Waals surface area contributed by atoms with E-state index < -0.39 is 17.6 Å². The topological polar surface area (TPSA) is 41.1 Å². The Hall–Kier alpha value is -2.03. The maximum absolute atomic E-state index is 15.1. The molecule has 4 rings (SSSR count). The second kappa shape index (κ2) is 8.38. The molecular weight excluding hydrogens is 404 g/mol. The lowest BCUT2D eigenvalue weighted by molar-refractivity contribution is -0.137. The number of aromatic nitrogens is 2. The third kappa shape index (κ3) is 4.44. The van der Waals surface area contributed by atoms with E-state index in [0.717, 1.165) is 42.7 Å². The van der Waals surface area contributed by atoms with Gasteiger partial charge in [-0.15, -0.1) is 0 Å². The summed E-state index contributed by atoms with van der Waals surface area (Å²) in [5.41, 5.74) is 0.0423. The van der Waals surface area contributed by atoms with Gasteiger partial charge in [0, 0.05) is 18.3 Å². The molecule has 0 saturated carbocycles. The Balaban J connectivity index is 1.53. The zero-order valence-electron chi connectivity index (χ0n) is 15.8. The standard InChI is InChI=1S/C20H22F4N4S/c21-17-18(25-11-15-3-2-10-29-15)26-12-27-19(17)28-9-1-4-16(28)13-5-7-14(8-6-13)20(22,23)24/h5-8,12,15-16H,1-4,9-11H2,(H,25,26,27). The van der Waals surface area contributed by atoms with Crippen LogP contribution in [0.5, 0.6) is 0 Å². The summed E-state index contributed by atoms with van der Waals surface area (Å²) in [6.45, 7) is 1.25. The lowest BCUT2D eigenvalue weighted by atomic mass is 10.0. The van der Waals surface area contributed by atoms with E-state index in [4.69, 9.17) is 0 Å². The van der Waals surface area contributed by atoms with Crippen LogP contribution in [0.15, 0.2) is 30.6 Å². The number of hydrogen-bond acceptors (Lipinski definition) is 5. The van der Waals surface area contributed by atoms with Gasteiger partial charge >= 0.3 is 6.18 Å². The van der Waals surface area contributed by atoms with Crippen molar-refractivity contribution in [3.8, 4) is 0 Å². The highest BCUT2D eigenvalue weighted by Crippen LogP contribution is 2.38. The summed E-state index contributed by atoms with van der Waals surface area (Å²) in [5, 5.41) is 3.56. The fraction of sp³-hybridized carbons (Fsp3) is 0.500. The minimum atomic E-state index is -4.37. The van der Waals surface area contributed by atoms with Crippen LogP contribution in [0.25, 0.3) is 0 Å². The van der Waals surface area contributed by atoms with E-state index in [2.05, 4.69) is 15.3 Å². The summed E-state index contributed by atoms with van der Waals surface area (Å²) < 4.78 is 53.6. The van der Waals surface area contributed by atoms with Gasteiger partial charge in [0.1, 0.15) is 6.33 Å². The number of rotatable bonds is 5. The van der Waals surface area contributed by atoms with Crippen LogP contribution in [0.3, 0.4) is 0 Å². The van der Waals surface area contributed by atoms with E-state index in [1.807, 2.05) is 16.7 Å². The monoisotopic (exact) mass is 426 g/mol. The Morgan fingerprint density at radius 2 is 1.90 bits per heavy atom. The highest BCUT2D eigenvalue weighted by atomic mass is 32.2. The van der Waals surface area contributed by atoms with Crippen molar-refractivity contribution in [2.75, 3.05) is 29.1 Å². The van der Waals surface area contributed by atoms with E-state index in [0.29, 0.717) is 18.3 Å². The number of thioether (sulfide) groups is 1. The largest absolute Gasteiger partial charge is 0.416 e. The van der Waals surface area contributed by atoms with Crippen LogP contribution in [0.1, 0.15) is 42.9 Å². The minimum Gasteiger partial charge on any atom is -0.366 e. The zero-order chi connectivity index (χ0) is 20.4. The van der Waals surface area contributed by atoms with Gasteiger partial charge in [0.25, 0.3) is 0 Å². The second-order valence-corrected chi connectivity index (χ2v) is 8.76. The summed E-state index contributed by atoms with van der Waals surface area (Å²) in [4.78, 5) is 10.0. The van der Waals surface area contributed by atoms with E-state index in [-0.39, 0.29) is 17.7 Å². The van der Waals surface area contributed by atoms with Crippen molar-refractivity contribution in [2.24, 2.45) is 0 Å². The Kier molecular flexibility index (Phi) is 5.85. The summed E-state index contributed by atoms with van der Waals surface area (Å²) in [5.74, 6) is 1.01. The number of halogens is 4. The van der Waals surface area contributed by atoms with E-state index in [1.54, 1.807) is 0 Å². The lowest BCUT2D eigenvalue weighted by Crippen LogP contribution is -2.26. The molecule has 0 aliphatic carbocycles. The molecule has 156 valence electrons. The third-order valence-corrected chi connectivity index (χ3v) is 6.84. The minimum absolute atomic E-state index is 0.181. The van der Waals surface area contributed by atoms with Crippen molar-refractivity contribution < 1.29 is 17.6 Å². The van der Waals surface area contributed by atoms with Crippen molar-refractivity contribution >= 4 is 23.4 Å². The molecule has 1 aromatic heterocycles. The highest BCUT2D eigenvalue weighted by molar-refractivity contribution is 8.00. The lowest BCUT2D eigenvalue weighted by Gasteiger charge is -2.27. The summed E-state index contributed by atoms with van der Waals surface area (Å²) >= 11 is 1.88. The maximum Gasteiger partial charge on any atom is 0.416 e. The summed E-state index contributed by atoms with van der Waals surface area (Å²) in [6.07, 6.45) is 0.804. The zero-order valence-corrected chi connectivity index (χ0v) is 16.6.